The van der Waals surface area contributed by atoms with Gasteiger partial charge in [-0.25, -0.2) is 9.97 Å². The zero-order valence-electron chi connectivity index (χ0n) is 11.0. The van der Waals surface area contributed by atoms with E-state index >= 15 is 0 Å². The van der Waals surface area contributed by atoms with Crippen LogP contribution in [0.25, 0.3) is 0 Å². The number of unbranched alkanes of at least 4 members (excludes halogenated alkanes) is 1. The lowest BCUT2D eigenvalue weighted by molar-refractivity contribution is 0.269. The van der Waals surface area contributed by atoms with Gasteiger partial charge < -0.3 is 16.0 Å². The molecule has 1 heterocycles. The molecule has 0 amide bonds. The van der Waals surface area contributed by atoms with Crippen molar-refractivity contribution in [3.8, 4) is 0 Å². The zero-order chi connectivity index (χ0) is 12.7. The van der Waals surface area contributed by atoms with Gasteiger partial charge in [0.1, 0.15) is 0 Å². The Bertz CT molecular complexity index is 326. The van der Waals surface area contributed by atoms with Crippen LogP contribution in [0, 0.1) is 0 Å². The van der Waals surface area contributed by atoms with Crippen LogP contribution in [0.3, 0.4) is 0 Å². The van der Waals surface area contributed by atoms with E-state index in [-0.39, 0.29) is 0 Å². The lowest BCUT2D eigenvalue weighted by atomic mass is 10.2. The first-order chi connectivity index (χ1) is 8.11. The van der Waals surface area contributed by atoms with Gasteiger partial charge in [-0.2, -0.15) is 0 Å². The normalized spacial score (nSPS) is 11.1. The number of rotatable bonds is 7. The Morgan fingerprint density at radius 1 is 1.29 bits per heavy atom. The second-order valence-corrected chi connectivity index (χ2v) is 4.50. The van der Waals surface area contributed by atoms with Gasteiger partial charge in [0.25, 0.3) is 0 Å². The molecule has 0 radical (unpaired) electrons. The van der Waals surface area contributed by atoms with Crippen molar-refractivity contribution in [3.63, 3.8) is 0 Å². The van der Waals surface area contributed by atoms with Crippen LogP contribution in [0.1, 0.15) is 26.7 Å². The largest absolute Gasteiger partial charge is 0.381 e. The van der Waals surface area contributed by atoms with Crippen molar-refractivity contribution in [1.82, 2.24) is 14.9 Å². The van der Waals surface area contributed by atoms with Crippen molar-refractivity contribution in [2.24, 2.45) is 0 Å². The Kier molecular flexibility index (Phi) is 5.69. The van der Waals surface area contributed by atoms with Gasteiger partial charge in [0, 0.05) is 25.0 Å². The fourth-order valence-corrected chi connectivity index (χ4v) is 1.44. The summed E-state index contributed by atoms with van der Waals surface area (Å²) in [5.41, 5.74) is 5.68. The molecule has 0 spiro atoms. The van der Waals surface area contributed by atoms with Gasteiger partial charge in [-0.15, -0.1) is 0 Å². The molecule has 1 rings (SSSR count). The molecule has 5 heteroatoms. The van der Waals surface area contributed by atoms with Crippen LogP contribution in [0.2, 0.25) is 0 Å². The molecule has 0 aromatic carbocycles. The summed E-state index contributed by atoms with van der Waals surface area (Å²) in [6.07, 6.45) is 5.51. The smallest absolute Gasteiger partial charge is 0.168 e. The van der Waals surface area contributed by atoms with Crippen LogP contribution in [-0.4, -0.2) is 41.0 Å². The molecule has 3 N–H and O–H groups in total. The molecule has 0 bridgehead atoms. The van der Waals surface area contributed by atoms with E-state index in [0.717, 1.165) is 19.5 Å². The van der Waals surface area contributed by atoms with E-state index in [1.165, 1.54) is 6.42 Å². The van der Waals surface area contributed by atoms with E-state index in [0.29, 0.717) is 17.7 Å². The number of nitrogens with zero attached hydrogens (tertiary/aromatic N) is 3. The highest BCUT2D eigenvalue weighted by Crippen LogP contribution is 2.09. The van der Waals surface area contributed by atoms with Crippen LogP contribution in [0.4, 0.5) is 11.6 Å². The summed E-state index contributed by atoms with van der Waals surface area (Å²) in [6, 6.07) is 0.610. The molecule has 96 valence electrons. The summed E-state index contributed by atoms with van der Waals surface area (Å²) in [5.74, 6) is 1.15. The highest BCUT2D eigenvalue weighted by Gasteiger charge is 2.02. The van der Waals surface area contributed by atoms with Crippen molar-refractivity contribution in [2.75, 3.05) is 31.2 Å². The summed E-state index contributed by atoms with van der Waals surface area (Å²) in [4.78, 5) is 10.4. The standard InChI is InChI=1S/C12H23N5/c1-10(2)17(3)9-5-4-6-15-12-11(13)14-7-8-16-12/h7-8,10H,4-6,9H2,1-3H3,(H2,13,14)(H,15,16). The van der Waals surface area contributed by atoms with Gasteiger partial charge in [-0.3, -0.25) is 0 Å². The number of nitrogens with one attached hydrogen (secondary N) is 1. The summed E-state index contributed by atoms with van der Waals surface area (Å²) >= 11 is 0. The van der Waals surface area contributed by atoms with Gasteiger partial charge in [0.2, 0.25) is 0 Å². The maximum absolute atomic E-state index is 5.68. The van der Waals surface area contributed by atoms with Gasteiger partial charge >= 0.3 is 0 Å². The maximum Gasteiger partial charge on any atom is 0.168 e. The molecule has 0 unspecified atom stereocenters. The van der Waals surface area contributed by atoms with Crippen LogP contribution in [0.15, 0.2) is 12.4 Å². The first kappa shape index (κ1) is 13.7. The minimum absolute atomic E-state index is 0.465. The van der Waals surface area contributed by atoms with E-state index in [2.05, 4.69) is 41.1 Å². The Balaban J connectivity index is 2.15. The van der Waals surface area contributed by atoms with Gasteiger partial charge in [-0.05, 0) is 40.3 Å². The first-order valence-corrected chi connectivity index (χ1v) is 6.12. The number of hydrogen-bond acceptors (Lipinski definition) is 5. The molecule has 0 saturated carbocycles. The van der Waals surface area contributed by atoms with Crippen molar-refractivity contribution in [2.45, 2.75) is 32.7 Å². The van der Waals surface area contributed by atoms with E-state index < -0.39 is 0 Å². The van der Waals surface area contributed by atoms with Crippen LogP contribution >= 0.6 is 0 Å². The molecule has 0 saturated heterocycles. The predicted molar refractivity (Wildman–Crippen MR) is 71.9 cm³/mol. The second kappa shape index (κ2) is 7.06. The van der Waals surface area contributed by atoms with Gasteiger partial charge in [-0.1, -0.05) is 0 Å². The Hall–Kier alpha value is -1.36. The first-order valence-electron chi connectivity index (χ1n) is 6.12. The summed E-state index contributed by atoms with van der Waals surface area (Å²) in [7, 11) is 2.15. The van der Waals surface area contributed by atoms with E-state index in [9.17, 15) is 0 Å². The molecule has 5 nitrogen and oxygen atoms in total. The molecule has 0 aliphatic heterocycles. The molecule has 0 aliphatic rings. The molecule has 17 heavy (non-hydrogen) atoms. The molecule has 0 atom stereocenters. The lowest BCUT2D eigenvalue weighted by Gasteiger charge is -2.20. The maximum atomic E-state index is 5.68. The summed E-state index contributed by atoms with van der Waals surface area (Å²) < 4.78 is 0. The Morgan fingerprint density at radius 3 is 2.65 bits per heavy atom. The minimum Gasteiger partial charge on any atom is -0.381 e. The minimum atomic E-state index is 0.465. The van der Waals surface area contributed by atoms with Crippen molar-refractivity contribution < 1.29 is 0 Å². The molecule has 0 aliphatic carbocycles. The van der Waals surface area contributed by atoms with Crippen molar-refractivity contribution >= 4 is 11.6 Å². The summed E-state index contributed by atoms with van der Waals surface area (Å²) in [5, 5.41) is 3.20. The van der Waals surface area contributed by atoms with E-state index in [4.69, 9.17) is 5.73 Å². The number of aromatic nitrogens is 2. The molecule has 0 fully saturated rings. The second-order valence-electron chi connectivity index (χ2n) is 4.50. The highest BCUT2D eigenvalue weighted by atomic mass is 15.1. The Morgan fingerprint density at radius 2 is 2.00 bits per heavy atom. The van der Waals surface area contributed by atoms with E-state index in [1.54, 1.807) is 12.4 Å². The topological polar surface area (TPSA) is 67.1 Å². The SMILES string of the molecule is CC(C)N(C)CCCCNc1nccnc1N. The lowest BCUT2D eigenvalue weighted by Crippen LogP contribution is -2.27. The monoisotopic (exact) mass is 237 g/mol. The summed E-state index contributed by atoms with van der Waals surface area (Å²) in [6.45, 7) is 6.42. The predicted octanol–water partition coefficient (Wildman–Crippen LogP) is 1.59. The van der Waals surface area contributed by atoms with Gasteiger partial charge in [0.15, 0.2) is 11.6 Å². The van der Waals surface area contributed by atoms with Crippen molar-refractivity contribution in [1.29, 1.82) is 0 Å². The average molecular weight is 237 g/mol. The molecule has 1 aromatic rings. The quantitative estimate of drug-likeness (QED) is 0.705. The third-order valence-electron chi connectivity index (χ3n) is 2.84. The van der Waals surface area contributed by atoms with Crippen LogP contribution in [0.5, 0.6) is 0 Å². The molecule has 1 aromatic heterocycles. The van der Waals surface area contributed by atoms with Crippen LogP contribution < -0.4 is 11.1 Å². The number of hydrogen-bond donors (Lipinski definition) is 2. The number of nitrogens with two attached hydrogens (primary N) is 1. The van der Waals surface area contributed by atoms with Crippen molar-refractivity contribution in [3.05, 3.63) is 12.4 Å². The van der Waals surface area contributed by atoms with Crippen LogP contribution in [-0.2, 0) is 0 Å². The molecular formula is C12H23N5. The number of anilines is 2. The number of nitrogen functional groups attached to an aromatic ring is 1. The fraction of sp³-hybridized carbons (Fsp3) is 0.667. The Labute approximate surface area is 103 Å². The molecular weight excluding hydrogens is 214 g/mol. The zero-order valence-corrected chi connectivity index (χ0v) is 11.0. The van der Waals surface area contributed by atoms with Gasteiger partial charge in [0.05, 0.1) is 0 Å². The third kappa shape index (κ3) is 4.99. The van der Waals surface area contributed by atoms with E-state index in [1.807, 2.05) is 0 Å². The highest BCUT2D eigenvalue weighted by molar-refractivity contribution is 5.54. The third-order valence-corrected chi connectivity index (χ3v) is 2.84. The fourth-order valence-electron chi connectivity index (χ4n) is 1.44. The average Bonchev–Trinajstić information content (AvgIpc) is 2.30.